The fourth-order valence-corrected chi connectivity index (χ4v) is 2.16. The number of nitrogens with zero attached hydrogens (tertiary/aromatic N) is 1. The maximum absolute atomic E-state index is 5.40. The summed E-state index contributed by atoms with van der Waals surface area (Å²) in [6, 6.07) is 6.63. The summed E-state index contributed by atoms with van der Waals surface area (Å²) in [4.78, 5) is 2.41. The molecule has 1 aromatic rings. The summed E-state index contributed by atoms with van der Waals surface area (Å²) in [5.74, 6) is 1.73. The highest BCUT2D eigenvalue weighted by molar-refractivity contribution is 5.45. The van der Waals surface area contributed by atoms with E-state index in [2.05, 4.69) is 37.8 Å². The van der Waals surface area contributed by atoms with Gasteiger partial charge in [-0.25, -0.2) is 0 Å². The van der Waals surface area contributed by atoms with Gasteiger partial charge in [0.05, 0.1) is 0 Å². The molecule has 0 fully saturated rings. The van der Waals surface area contributed by atoms with Gasteiger partial charge in [0.15, 0.2) is 11.5 Å². The minimum Gasteiger partial charge on any atom is -0.454 e. The molecule has 1 aromatic carbocycles. The van der Waals surface area contributed by atoms with Crippen LogP contribution in [-0.2, 0) is 0 Å². The van der Waals surface area contributed by atoms with Crippen LogP contribution in [0.25, 0.3) is 0 Å². The molecule has 0 bridgehead atoms. The molecule has 3 heteroatoms. The zero-order chi connectivity index (χ0) is 11.5. The Balaban J connectivity index is 2.20. The summed E-state index contributed by atoms with van der Waals surface area (Å²) in [5, 5.41) is 0. The SMILES string of the molecule is CCN(CC)C(C)c1ccc2c(c1)OCO2. The Kier molecular flexibility index (Phi) is 3.34. The van der Waals surface area contributed by atoms with Crippen LogP contribution in [-0.4, -0.2) is 24.8 Å². The standard InChI is InChI=1S/C13H19NO2/c1-4-14(5-2)10(3)11-6-7-12-13(8-11)16-9-15-12/h6-8,10H,4-5,9H2,1-3H3. The highest BCUT2D eigenvalue weighted by atomic mass is 16.7. The topological polar surface area (TPSA) is 21.7 Å². The van der Waals surface area contributed by atoms with E-state index < -0.39 is 0 Å². The van der Waals surface area contributed by atoms with Crippen molar-refractivity contribution in [3.05, 3.63) is 23.8 Å². The first-order valence-corrected chi connectivity index (χ1v) is 5.89. The molecule has 3 nitrogen and oxygen atoms in total. The Labute approximate surface area is 97.0 Å². The molecular formula is C13H19NO2. The number of rotatable bonds is 4. The monoisotopic (exact) mass is 221 g/mol. The molecule has 0 radical (unpaired) electrons. The average Bonchev–Trinajstić information content (AvgIpc) is 2.77. The Morgan fingerprint density at radius 3 is 2.56 bits per heavy atom. The molecule has 1 aliphatic heterocycles. The van der Waals surface area contributed by atoms with Gasteiger partial charge in [-0.15, -0.1) is 0 Å². The van der Waals surface area contributed by atoms with Gasteiger partial charge < -0.3 is 9.47 Å². The number of ether oxygens (including phenoxy) is 2. The van der Waals surface area contributed by atoms with Crippen molar-refractivity contribution in [3.8, 4) is 11.5 Å². The van der Waals surface area contributed by atoms with Crippen molar-refractivity contribution < 1.29 is 9.47 Å². The molecule has 0 saturated carbocycles. The van der Waals surface area contributed by atoms with Gasteiger partial charge in [0, 0.05) is 6.04 Å². The second kappa shape index (κ2) is 4.74. The summed E-state index contributed by atoms with van der Waals surface area (Å²) in [7, 11) is 0. The van der Waals surface area contributed by atoms with Gasteiger partial charge in [0.25, 0.3) is 0 Å². The number of benzene rings is 1. The van der Waals surface area contributed by atoms with Crippen LogP contribution < -0.4 is 9.47 Å². The summed E-state index contributed by atoms with van der Waals surface area (Å²) < 4.78 is 10.7. The smallest absolute Gasteiger partial charge is 0.231 e. The lowest BCUT2D eigenvalue weighted by Crippen LogP contribution is -2.26. The van der Waals surface area contributed by atoms with Crippen molar-refractivity contribution >= 4 is 0 Å². The third-order valence-corrected chi connectivity index (χ3v) is 3.24. The summed E-state index contributed by atoms with van der Waals surface area (Å²) in [5.41, 5.74) is 1.29. The van der Waals surface area contributed by atoms with Crippen LogP contribution in [0.15, 0.2) is 18.2 Å². The summed E-state index contributed by atoms with van der Waals surface area (Å²) in [6.45, 7) is 9.07. The lowest BCUT2D eigenvalue weighted by molar-refractivity contribution is 0.173. The molecular weight excluding hydrogens is 202 g/mol. The van der Waals surface area contributed by atoms with Gasteiger partial charge >= 0.3 is 0 Å². The van der Waals surface area contributed by atoms with Gasteiger partial charge in [0.2, 0.25) is 6.79 Å². The fourth-order valence-electron chi connectivity index (χ4n) is 2.16. The predicted octanol–water partition coefficient (Wildman–Crippen LogP) is 2.82. The molecule has 0 amide bonds. The highest BCUT2D eigenvalue weighted by Gasteiger charge is 2.18. The molecule has 1 heterocycles. The van der Waals surface area contributed by atoms with Crippen LogP contribution in [0.2, 0.25) is 0 Å². The highest BCUT2D eigenvalue weighted by Crippen LogP contribution is 2.35. The number of hydrogen-bond donors (Lipinski definition) is 0. The van der Waals surface area contributed by atoms with Gasteiger partial charge in [-0.3, -0.25) is 4.90 Å². The van der Waals surface area contributed by atoms with E-state index >= 15 is 0 Å². The van der Waals surface area contributed by atoms with Crippen molar-refractivity contribution in [2.24, 2.45) is 0 Å². The predicted molar refractivity (Wildman–Crippen MR) is 63.9 cm³/mol. The molecule has 1 aliphatic rings. The van der Waals surface area contributed by atoms with Gasteiger partial charge in [-0.2, -0.15) is 0 Å². The first kappa shape index (κ1) is 11.3. The van der Waals surface area contributed by atoms with Crippen LogP contribution in [0.3, 0.4) is 0 Å². The van der Waals surface area contributed by atoms with Gasteiger partial charge in [-0.05, 0) is 37.7 Å². The second-order valence-corrected chi connectivity index (χ2v) is 4.01. The molecule has 2 rings (SSSR count). The zero-order valence-electron chi connectivity index (χ0n) is 10.2. The molecule has 16 heavy (non-hydrogen) atoms. The Bertz CT molecular complexity index is 361. The molecule has 0 saturated heterocycles. The van der Waals surface area contributed by atoms with Crippen molar-refractivity contribution in [1.29, 1.82) is 0 Å². The van der Waals surface area contributed by atoms with E-state index in [1.165, 1.54) is 5.56 Å². The van der Waals surface area contributed by atoms with E-state index in [9.17, 15) is 0 Å². The first-order valence-electron chi connectivity index (χ1n) is 5.89. The molecule has 1 atom stereocenters. The van der Waals surface area contributed by atoms with E-state index in [1.54, 1.807) is 0 Å². The van der Waals surface area contributed by atoms with Crippen LogP contribution >= 0.6 is 0 Å². The maximum Gasteiger partial charge on any atom is 0.231 e. The van der Waals surface area contributed by atoms with Crippen LogP contribution in [0, 0.1) is 0 Å². The van der Waals surface area contributed by atoms with E-state index in [0.717, 1.165) is 24.6 Å². The minimum atomic E-state index is 0.346. The number of hydrogen-bond acceptors (Lipinski definition) is 3. The molecule has 0 aliphatic carbocycles. The van der Waals surface area contributed by atoms with Gasteiger partial charge in [-0.1, -0.05) is 19.9 Å². The average molecular weight is 221 g/mol. The third-order valence-electron chi connectivity index (χ3n) is 3.24. The second-order valence-electron chi connectivity index (χ2n) is 4.01. The normalized spacial score (nSPS) is 15.5. The Morgan fingerprint density at radius 1 is 1.19 bits per heavy atom. The zero-order valence-corrected chi connectivity index (χ0v) is 10.2. The molecule has 88 valence electrons. The van der Waals surface area contributed by atoms with Crippen molar-refractivity contribution in [3.63, 3.8) is 0 Å². The Hall–Kier alpha value is -1.22. The number of fused-ring (bicyclic) bond motifs is 1. The molecule has 0 aromatic heterocycles. The van der Waals surface area contributed by atoms with Crippen LogP contribution in [0.4, 0.5) is 0 Å². The van der Waals surface area contributed by atoms with Gasteiger partial charge in [0.1, 0.15) is 0 Å². The van der Waals surface area contributed by atoms with Crippen molar-refractivity contribution in [2.75, 3.05) is 19.9 Å². The lowest BCUT2D eigenvalue weighted by atomic mass is 10.1. The fraction of sp³-hybridized carbons (Fsp3) is 0.538. The van der Waals surface area contributed by atoms with E-state index in [-0.39, 0.29) is 0 Å². The van der Waals surface area contributed by atoms with Crippen LogP contribution in [0.1, 0.15) is 32.4 Å². The van der Waals surface area contributed by atoms with E-state index in [1.807, 2.05) is 6.07 Å². The summed E-state index contributed by atoms with van der Waals surface area (Å²) >= 11 is 0. The quantitative estimate of drug-likeness (QED) is 0.780. The minimum absolute atomic E-state index is 0.346. The third kappa shape index (κ3) is 2.00. The lowest BCUT2D eigenvalue weighted by Gasteiger charge is -2.26. The van der Waals surface area contributed by atoms with E-state index in [4.69, 9.17) is 9.47 Å². The molecule has 0 N–H and O–H groups in total. The Morgan fingerprint density at radius 2 is 1.88 bits per heavy atom. The molecule has 1 unspecified atom stereocenters. The maximum atomic E-state index is 5.40. The molecule has 0 spiro atoms. The first-order chi connectivity index (χ1) is 7.76. The van der Waals surface area contributed by atoms with E-state index in [0.29, 0.717) is 12.8 Å². The van der Waals surface area contributed by atoms with Crippen molar-refractivity contribution in [1.82, 2.24) is 4.90 Å². The summed E-state index contributed by atoms with van der Waals surface area (Å²) in [6.07, 6.45) is 0. The largest absolute Gasteiger partial charge is 0.454 e. The van der Waals surface area contributed by atoms with Crippen molar-refractivity contribution in [2.45, 2.75) is 26.8 Å². The van der Waals surface area contributed by atoms with Crippen LogP contribution in [0.5, 0.6) is 11.5 Å².